The Kier molecular flexibility index (Phi) is 7.99. The summed E-state index contributed by atoms with van der Waals surface area (Å²) < 4.78 is 10.8. The summed E-state index contributed by atoms with van der Waals surface area (Å²) in [7, 11) is 1.50. The fraction of sp³-hybridized carbons (Fsp3) is 0.882. The van der Waals surface area contributed by atoms with Crippen LogP contribution in [0.2, 0.25) is 0 Å². The van der Waals surface area contributed by atoms with Gasteiger partial charge in [0.2, 0.25) is 5.91 Å². The lowest BCUT2D eigenvalue weighted by atomic mass is 9.80. The number of aliphatic carboxylic acids is 1. The van der Waals surface area contributed by atoms with E-state index in [1.54, 1.807) is 4.90 Å². The Morgan fingerprint density at radius 2 is 2.00 bits per heavy atom. The van der Waals surface area contributed by atoms with Gasteiger partial charge in [0.15, 0.2) is 0 Å². The van der Waals surface area contributed by atoms with Crippen LogP contribution in [0.1, 0.15) is 46.5 Å². The molecule has 0 aromatic heterocycles. The van der Waals surface area contributed by atoms with Crippen LogP contribution in [0, 0.1) is 11.3 Å². The molecule has 1 N–H and O–H groups in total. The van der Waals surface area contributed by atoms with Gasteiger partial charge in [-0.2, -0.15) is 0 Å². The zero-order valence-electron chi connectivity index (χ0n) is 14.8. The Bertz CT molecular complexity index is 394. The third-order valence-electron chi connectivity index (χ3n) is 4.33. The van der Waals surface area contributed by atoms with Gasteiger partial charge in [-0.25, -0.2) is 0 Å². The number of carboxylic acid groups (broad SMARTS) is 1. The van der Waals surface area contributed by atoms with Gasteiger partial charge in [0, 0.05) is 20.2 Å². The highest BCUT2D eigenvalue weighted by Gasteiger charge is 2.43. The van der Waals surface area contributed by atoms with Crippen LogP contribution in [0.5, 0.6) is 0 Å². The molecule has 0 saturated carbocycles. The lowest BCUT2D eigenvalue weighted by Gasteiger charge is -2.39. The second-order valence-electron chi connectivity index (χ2n) is 7.00. The summed E-state index contributed by atoms with van der Waals surface area (Å²) >= 11 is 0. The Hall–Kier alpha value is -1.14. The molecule has 0 aromatic rings. The van der Waals surface area contributed by atoms with Crippen molar-refractivity contribution in [1.29, 1.82) is 0 Å². The molecule has 1 rings (SSSR count). The van der Waals surface area contributed by atoms with E-state index in [-0.39, 0.29) is 25.2 Å². The van der Waals surface area contributed by atoms with Crippen LogP contribution in [0.15, 0.2) is 0 Å². The highest BCUT2D eigenvalue weighted by atomic mass is 16.5. The molecule has 23 heavy (non-hydrogen) atoms. The van der Waals surface area contributed by atoms with Crippen molar-refractivity contribution in [3.8, 4) is 0 Å². The molecule has 0 aromatic carbocycles. The molecule has 2 atom stereocenters. The van der Waals surface area contributed by atoms with Gasteiger partial charge in [-0.15, -0.1) is 0 Å². The molecular weight excluding hydrogens is 298 g/mol. The predicted octanol–water partition coefficient (Wildman–Crippen LogP) is 2.17. The summed E-state index contributed by atoms with van der Waals surface area (Å²) in [6, 6.07) is 0. The quantitative estimate of drug-likeness (QED) is 0.701. The zero-order valence-corrected chi connectivity index (χ0v) is 14.8. The van der Waals surface area contributed by atoms with E-state index in [9.17, 15) is 14.7 Å². The number of hydrogen-bond donors (Lipinski definition) is 1. The van der Waals surface area contributed by atoms with Crippen molar-refractivity contribution in [2.24, 2.45) is 11.3 Å². The van der Waals surface area contributed by atoms with Crippen molar-refractivity contribution >= 4 is 11.9 Å². The molecule has 6 heteroatoms. The van der Waals surface area contributed by atoms with Crippen LogP contribution in [-0.2, 0) is 19.1 Å². The van der Waals surface area contributed by atoms with Gasteiger partial charge < -0.3 is 19.5 Å². The van der Waals surface area contributed by atoms with Gasteiger partial charge in [0.25, 0.3) is 0 Å². The van der Waals surface area contributed by atoms with Gasteiger partial charge in [0.05, 0.1) is 25.7 Å². The fourth-order valence-corrected chi connectivity index (χ4v) is 3.21. The first-order valence-corrected chi connectivity index (χ1v) is 8.42. The summed E-state index contributed by atoms with van der Waals surface area (Å²) in [6.45, 7) is 7.64. The number of amides is 1. The van der Waals surface area contributed by atoms with E-state index >= 15 is 0 Å². The zero-order chi connectivity index (χ0) is 17.5. The molecule has 0 bridgehead atoms. The number of hydrogen-bond acceptors (Lipinski definition) is 4. The first-order valence-electron chi connectivity index (χ1n) is 8.42. The summed E-state index contributed by atoms with van der Waals surface area (Å²) in [5.41, 5.74) is -0.978. The van der Waals surface area contributed by atoms with Gasteiger partial charge >= 0.3 is 5.97 Å². The number of nitrogens with zero attached hydrogens (tertiary/aromatic N) is 1. The lowest BCUT2D eigenvalue weighted by molar-refractivity contribution is -0.159. The molecule has 0 spiro atoms. The molecule has 1 aliphatic heterocycles. The lowest BCUT2D eigenvalue weighted by Crippen LogP contribution is -2.52. The number of ether oxygens (including phenoxy) is 2. The van der Waals surface area contributed by atoms with Gasteiger partial charge in [-0.1, -0.05) is 13.8 Å². The van der Waals surface area contributed by atoms with E-state index in [0.29, 0.717) is 38.3 Å². The molecule has 134 valence electrons. The van der Waals surface area contributed by atoms with Crippen LogP contribution >= 0.6 is 0 Å². The number of carbonyl (C=O) groups is 2. The Balaban J connectivity index is 2.48. The number of carbonyl (C=O) groups excluding carboxylic acids is 1. The summed E-state index contributed by atoms with van der Waals surface area (Å²) in [5, 5.41) is 9.51. The highest BCUT2D eigenvalue weighted by Crippen LogP contribution is 2.31. The predicted molar refractivity (Wildman–Crippen MR) is 87.2 cm³/mol. The van der Waals surface area contributed by atoms with E-state index < -0.39 is 11.4 Å². The molecule has 1 amide bonds. The molecule has 1 fully saturated rings. The minimum Gasteiger partial charge on any atom is -0.481 e. The third-order valence-corrected chi connectivity index (χ3v) is 4.33. The van der Waals surface area contributed by atoms with Crippen molar-refractivity contribution in [3.05, 3.63) is 0 Å². The van der Waals surface area contributed by atoms with E-state index in [4.69, 9.17) is 9.47 Å². The number of methoxy groups -OCH3 is 1. The maximum atomic E-state index is 12.3. The molecule has 2 unspecified atom stereocenters. The van der Waals surface area contributed by atoms with E-state index in [0.717, 1.165) is 6.42 Å². The fourth-order valence-electron chi connectivity index (χ4n) is 3.21. The van der Waals surface area contributed by atoms with Crippen molar-refractivity contribution in [3.63, 3.8) is 0 Å². The summed E-state index contributed by atoms with van der Waals surface area (Å²) in [5.74, 6) is -0.366. The van der Waals surface area contributed by atoms with Crippen LogP contribution in [0.3, 0.4) is 0 Å². The normalized spacial score (nSPS) is 23.1. The van der Waals surface area contributed by atoms with E-state index in [1.165, 1.54) is 7.11 Å². The van der Waals surface area contributed by atoms with Crippen LogP contribution < -0.4 is 0 Å². The molecule has 6 nitrogen and oxygen atoms in total. The first-order chi connectivity index (χ1) is 10.8. The smallest absolute Gasteiger partial charge is 0.313 e. The average molecular weight is 329 g/mol. The van der Waals surface area contributed by atoms with Crippen molar-refractivity contribution in [2.75, 3.05) is 33.4 Å². The third kappa shape index (κ3) is 6.11. The Labute approximate surface area is 139 Å². The minimum absolute atomic E-state index is 0.0387. The number of piperidine rings is 1. The second-order valence-corrected chi connectivity index (χ2v) is 7.00. The van der Waals surface area contributed by atoms with Crippen molar-refractivity contribution in [1.82, 2.24) is 4.90 Å². The SMILES string of the molecule is COCC1(C(=O)O)CCCN(C(=O)CCOC(C)CC(C)C)C1. The maximum Gasteiger partial charge on any atom is 0.313 e. The molecule has 1 saturated heterocycles. The topological polar surface area (TPSA) is 76.1 Å². The van der Waals surface area contributed by atoms with Crippen molar-refractivity contribution < 1.29 is 24.2 Å². The Morgan fingerprint density at radius 3 is 2.57 bits per heavy atom. The van der Waals surface area contributed by atoms with E-state index in [2.05, 4.69) is 13.8 Å². The standard InChI is InChI=1S/C17H31NO5/c1-13(2)10-14(3)23-9-6-15(19)18-8-5-7-17(11-18,12-22-4)16(20)21/h13-14H,5-12H2,1-4H3,(H,20,21). The van der Waals surface area contributed by atoms with Crippen LogP contribution in [-0.4, -0.2) is 61.4 Å². The van der Waals surface area contributed by atoms with Crippen LogP contribution in [0.25, 0.3) is 0 Å². The molecular formula is C17H31NO5. The second kappa shape index (κ2) is 9.23. The average Bonchev–Trinajstić information content (AvgIpc) is 2.46. The maximum absolute atomic E-state index is 12.3. The van der Waals surface area contributed by atoms with Crippen molar-refractivity contribution in [2.45, 2.75) is 52.6 Å². The Morgan fingerprint density at radius 1 is 1.30 bits per heavy atom. The van der Waals surface area contributed by atoms with Gasteiger partial charge in [0.1, 0.15) is 5.41 Å². The monoisotopic (exact) mass is 329 g/mol. The number of rotatable bonds is 9. The van der Waals surface area contributed by atoms with E-state index in [1.807, 2.05) is 6.92 Å². The number of carboxylic acids is 1. The van der Waals surface area contributed by atoms with Gasteiger partial charge in [-0.05, 0) is 32.1 Å². The molecule has 1 heterocycles. The largest absolute Gasteiger partial charge is 0.481 e. The first kappa shape index (κ1) is 19.9. The highest BCUT2D eigenvalue weighted by molar-refractivity contribution is 5.80. The molecule has 0 aliphatic carbocycles. The van der Waals surface area contributed by atoms with Crippen LogP contribution in [0.4, 0.5) is 0 Å². The molecule has 0 radical (unpaired) electrons. The van der Waals surface area contributed by atoms with Gasteiger partial charge in [-0.3, -0.25) is 9.59 Å². The number of likely N-dealkylation sites (tertiary alicyclic amines) is 1. The summed E-state index contributed by atoms with van der Waals surface area (Å²) in [6.07, 6.45) is 2.63. The minimum atomic E-state index is -0.978. The summed E-state index contributed by atoms with van der Waals surface area (Å²) in [4.78, 5) is 25.6. The molecule has 1 aliphatic rings.